The minimum atomic E-state index is -0.901. The van der Waals surface area contributed by atoms with Crippen LogP contribution in [-0.4, -0.2) is 18.6 Å². The third-order valence-electron chi connectivity index (χ3n) is 2.61. The van der Waals surface area contributed by atoms with Crippen LogP contribution in [0.2, 0.25) is 0 Å². The fraction of sp³-hybridized carbons (Fsp3) is 0.417. The van der Waals surface area contributed by atoms with Crippen LogP contribution in [0.15, 0.2) is 30.3 Å². The van der Waals surface area contributed by atoms with E-state index in [9.17, 15) is 9.18 Å². The Morgan fingerprint density at radius 3 is 2.67 bits per heavy atom. The van der Waals surface area contributed by atoms with Gasteiger partial charge in [0.2, 0.25) is 5.91 Å². The summed E-state index contributed by atoms with van der Waals surface area (Å²) >= 11 is 0. The van der Waals surface area contributed by atoms with Crippen molar-refractivity contribution in [1.29, 1.82) is 0 Å². The molecule has 1 aromatic rings. The molecule has 2 rings (SSSR count). The molecule has 0 heterocycles. The van der Waals surface area contributed by atoms with E-state index in [0.717, 1.165) is 6.42 Å². The molecule has 1 saturated carbocycles. The van der Waals surface area contributed by atoms with Crippen molar-refractivity contribution in [2.75, 3.05) is 6.54 Å². The highest BCUT2D eigenvalue weighted by Gasteiger charge is 2.43. The molecule has 1 fully saturated rings. The number of hydrogen-bond donors (Lipinski definition) is 1. The highest BCUT2D eigenvalue weighted by molar-refractivity contribution is 5.81. The number of carbonyl (C=O) groups excluding carboxylic acids is 1. The summed E-state index contributed by atoms with van der Waals surface area (Å²) < 4.78 is 12.5. The van der Waals surface area contributed by atoms with Crippen molar-refractivity contribution in [3.63, 3.8) is 0 Å². The molecule has 0 spiro atoms. The van der Waals surface area contributed by atoms with Gasteiger partial charge in [0.15, 0.2) is 0 Å². The van der Waals surface area contributed by atoms with Crippen molar-refractivity contribution in [1.82, 2.24) is 5.32 Å². The van der Waals surface area contributed by atoms with Crippen molar-refractivity contribution in [3.05, 3.63) is 35.9 Å². The lowest BCUT2D eigenvalue weighted by Gasteiger charge is -2.03. The van der Waals surface area contributed by atoms with E-state index in [-0.39, 0.29) is 11.8 Å². The number of amides is 1. The van der Waals surface area contributed by atoms with Gasteiger partial charge in [0.05, 0.1) is 5.92 Å². The van der Waals surface area contributed by atoms with E-state index in [4.69, 9.17) is 0 Å². The van der Waals surface area contributed by atoms with E-state index in [0.29, 0.717) is 13.0 Å². The van der Waals surface area contributed by atoms with E-state index in [1.54, 1.807) is 0 Å². The summed E-state index contributed by atoms with van der Waals surface area (Å²) in [5, 5.41) is 2.74. The van der Waals surface area contributed by atoms with Crippen LogP contribution in [0.25, 0.3) is 0 Å². The Kier molecular flexibility index (Phi) is 2.99. The maximum atomic E-state index is 12.5. The second-order valence-electron chi connectivity index (χ2n) is 3.88. The van der Waals surface area contributed by atoms with Gasteiger partial charge in [-0.2, -0.15) is 0 Å². The Morgan fingerprint density at radius 2 is 2.07 bits per heavy atom. The average molecular weight is 207 g/mol. The fourth-order valence-corrected chi connectivity index (χ4v) is 1.54. The number of nitrogens with one attached hydrogen (secondary N) is 1. The molecule has 0 aliphatic heterocycles. The second kappa shape index (κ2) is 4.43. The predicted molar refractivity (Wildman–Crippen MR) is 56.2 cm³/mol. The first-order chi connectivity index (χ1) is 7.27. The number of benzene rings is 1. The number of alkyl halides is 1. The Morgan fingerprint density at radius 1 is 1.40 bits per heavy atom. The standard InChI is InChI=1S/C12H14FNO/c13-11-8-10(11)12(15)14-7-6-9-4-2-1-3-5-9/h1-5,10-11H,6-8H2,(H,14,15)/t10-,11-/m1/s1. The first kappa shape index (κ1) is 10.1. The molecule has 1 N–H and O–H groups in total. The van der Waals surface area contributed by atoms with Crippen LogP contribution >= 0.6 is 0 Å². The lowest BCUT2D eigenvalue weighted by Crippen LogP contribution is -2.27. The van der Waals surface area contributed by atoms with Gasteiger partial charge in [-0.25, -0.2) is 4.39 Å². The quantitative estimate of drug-likeness (QED) is 0.800. The zero-order valence-corrected chi connectivity index (χ0v) is 8.45. The van der Waals surface area contributed by atoms with Crippen LogP contribution in [0.1, 0.15) is 12.0 Å². The number of carbonyl (C=O) groups is 1. The van der Waals surface area contributed by atoms with Crippen molar-refractivity contribution < 1.29 is 9.18 Å². The van der Waals surface area contributed by atoms with Gasteiger partial charge in [-0.3, -0.25) is 4.79 Å². The SMILES string of the molecule is O=C(NCCc1ccccc1)[C@@H]1C[C@H]1F. The Bertz CT molecular complexity index is 339. The Hall–Kier alpha value is -1.38. The van der Waals surface area contributed by atoms with Gasteiger partial charge in [0, 0.05) is 6.54 Å². The number of hydrogen-bond acceptors (Lipinski definition) is 1. The van der Waals surface area contributed by atoms with Gasteiger partial charge in [-0.15, -0.1) is 0 Å². The second-order valence-corrected chi connectivity index (χ2v) is 3.88. The first-order valence-electron chi connectivity index (χ1n) is 5.23. The molecule has 1 aliphatic rings. The van der Waals surface area contributed by atoms with Gasteiger partial charge in [0.1, 0.15) is 6.17 Å². The molecule has 1 aromatic carbocycles. The van der Waals surface area contributed by atoms with E-state index in [1.165, 1.54) is 5.56 Å². The molecule has 15 heavy (non-hydrogen) atoms. The van der Waals surface area contributed by atoms with Crippen LogP contribution in [0.4, 0.5) is 4.39 Å². The minimum absolute atomic E-state index is 0.140. The number of halogens is 1. The summed E-state index contributed by atoms with van der Waals surface area (Å²) in [5.74, 6) is -0.515. The highest BCUT2D eigenvalue weighted by Crippen LogP contribution is 2.33. The van der Waals surface area contributed by atoms with Crippen LogP contribution in [0.5, 0.6) is 0 Å². The van der Waals surface area contributed by atoms with E-state index in [1.807, 2.05) is 30.3 Å². The van der Waals surface area contributed by atoms with Crippen molar-refractivity contribution in [3.8, 4) is 0 Å². The van der Waals surface area contributed by atoms with E-state index >= 15 is 0 Å². The monoisotopic (exact) mass is 207 g/mol. The molecule has 0 saturated heterocycles. The summed E-state index contributed by atoms with van der Waals surface area (Å²) in [6.07, 6.45) is 0.301. The molecule has 3 heteroatoms. The fourth-order valence-electron chi connectivity index (χ4n) is 1.54. The van der Waals surface area contributed by atoms with Gasteiger partial charge in [-0.1, -0.05) is 30.3 Å². The molecule has 0 bridgehead atoms. The third-order valence-corrected chi connectivity index (χ3v) is 2.61. The predicted octanol–water partition coefficient (Wildman–Crippen LogP) is 1.70. The molecule has 1 amide bonds. The summed E-state index contributed by atoms with van der Waals surface area (Å²) in [7, 11) is 0. The van der Waals surface area contributed by atoms with Crippen LogP contribution in [-0.2, 0) is 11.2 Å². The molecule has 80 valence electrons. The van der Waals surface area contributed by atoms with Gasteiger partial charge < -0.3 is 5.32 Å². The largest absolute Gasteiger partial charge is 0.355 e. The molecular weight excluding hydrogens is 193 g/mol. The molecular formula is C12H14FNO. The van der Waals surface area contributed by atoms with Crippen LogP contribution in [0.3, 0.4) is 0 Å². The van der Waals surface area contributed by atoms with Crippen molar-refractivity contribution in [2.45, 2.75) is 19.0 Å². The van der Waals surface area contributed by atoms with E-state index in [2.05, 4.69) is 5.32 Å². The summed E-state index contributed by atoms with van der Waals surface area (Å²) in [5.41, 5.74) is 1.19. The van der Waals surface area contributed by atoms with Crippen LogP contribution in [0, 0.1) is 5.92 Å². The Balaban J connectivity index is 1.69. The maximum Gasteiger partial charge on any atom is 0.226 e. The lowest BCUT2D eigenvalue weighted by atomic mass is 10.1. The smallest absolute Gasteiger partial charge is 0.226 e. The van der Waals surface area contributed by atoms with Crippen LogP contribution < -0.4 is 5.32 Å². The van der Waals surface area contributed by atoms with Gasteiger partial charge >= 0.3 is 0 Å². The maximum absolute atomic E-state index is 12.5. The lowest BCUT2D eigenvalue weighted by molar-refractivity contribution is -0.122. The topological polar surface area (TPSA) is 29.1 Å². The zero-order valence-electron chi connectivity index (χ0n) is 8.45. The van der Waals surface area contributed by atoms with Crippen molar-refractivity contribution >= 4 is 5.91 Å². The molecule has 1 aliphatic carbocycles. The Labute approximate surface area is 88.5 Å². The van der Waals surface area contributed by atoms with Crippen molar-refractivity contribution in [2.24, 2.45) is 5.92 Å². The molecule has 0 aromatic heterocycles. The minimum Gasteiger partial charge on any atom is -0.355 e. The summed E-state index contributed by atoms with van der Waals surface area (Å²) in [4.78, 5) is 11.3. The third kappa shape index (κ3) is 2.78. The van der Waals surface area contributed by atoms with Gasteiger partial charge in [-0.05, 0) is 18.4 Å². The first-order valence-corrected chi connectivity index (χ1v) is 5.23. The molecule has 2 nitrogen and oxygen atoms in total. The zero-order chi connectivity index (χ0) is 10.7. The van der Waals surface area contributed by atoms with E-state index < -0.39 is 6.17 Å². The van der Waals surface area contributed by atoms with Gasteiger partial charge in [0.25, 0.3) is 0 Å². The molecule has 0 unspecified atom stereocenters. The summed E-state index contributed by atoms with van der Waals surface area (Å²) in [6.45, 7) is 0.589. The highest BCUT2D eigenvalue weighted by atomic mass is 19.1. The summed E-state index contributed by atoms with van der Waals surface area (Å²) in [6, 6.07) is 9.92. The average Bonchev–Trinajstić information content (AvgIpc) is 2.97. The normalized spacial score (nSPS) is 23.5. The molecule has 0 radical (unpaired) electrons. The number of rotatable bonds is 4. The molecule has 2 atom stereocenters.